The van der Waals surface area contributed by atoms with E-state index in [-0.39, 0.29) is 67.8 Å². The second-order valence-electron chi connectivity index (χ2n) is 31.2. The van der Waals surface area contributed by atoms with Crippen LogP contribution in [0.4, 0.5) is 0 Å². The summed E-state index contributed by atoms with van der Waals surface area (Å²) in [5.41, 5.74) is 31.8. The molecule has 0 aromatic heterocycles. The van der Waals surface area contributed by atoms with Crippen LogP contribution in [-0.4, -0.2) is 0 Å². The van der Waals surface area contributed by atoms with Crippen molar-refractivity contribution in [1.29, 1.82) is 0 Å². The van der Waals surface area contributed by atoms with Gasteiger partial charge >= 0.3 is 0 Å². The summed E-state index contributed by atoms with van der Waals surface area (Å²) in [6.45, 7) is 46.7. The normalized spacial score (nSPS) is 9.68. The van der Waals surface area contributed by atoms with Gasteiger partial charge in [0.1, 0.15) is 11.5 Å². The average Bonchev–Trinajstić information content (AvgIpc) is 0.802. The molecule has 0 saturated carbocycles. The van der Waals surface area contributed by atoms with E-state index in [0.717, 1.165) is 17.9 Å². The summed E-state index contributed by atoms with van der Waals surface area (Å²) in [6, 6.07) is 124. The van der Waals surface area contributed by atoms with Gasteiger partial charge in [0.05, 0.1) is 0 Å². The number of hydrogen-bond donors (Lipinski definition) is 0. The van der Waals surface area contributed by atoms with Crippen molar-refractivity contribution in [3.63, 3.8) is 0 Å². The fourth-order valence-electron chi connectivity index (χ4n) is 11.5. The fourth-order valence-corrected chi connectivity index (χ4v) is 12.3. The van der Waals surface area contributed by atoms with Gasteiger partial charge < -0.3 is 12.2 Å². The summed E-state index contributed by atoms with van der Waals surface area (Å²) in [4.78, 5) is 2.59. The molecule has 15 aromatic rings. The molecule has 15 aromatic carbocycles. The van der Waals surface area contributed by atoms with Gasteiger partial charge in [0, 0.05) is 47.9 Å². The molecule has 0 N–H and O–H groups in total. The van der Waals surface area contributed by atoms with Crippen molar-refractivity contribution < 1.29 is 37.4 Å². The van der Waals surface area contributed by atoms with Gasteiger partial charge in [-0.1, -0.05) is 472 Å². The van der Waals surface area contributed by atoms with E-state index >= 15 is 0 Å². The molecular weight excluding hydrogens is 1540 g/mol. The minimum Gasteiger partial charge on any atom is -0.457 e. The maximum absolute atomic E-state index is 5.69. The van der Waals surface area contributed by atoms with E-state index in [9.17, 15) is 0 Å². The third-order valence-electron chi connectivity index (χ3n) is 18.9. The van der Waals surface area contributed by atoms with E-state index in [2.05, 4.69) is 456 Å². The van der Waals surface area contributed by atoms with E-state index in [0.29, 0.717) is 0 Å². The third-order valence-corrected chi connectivity index (χ3v) is 20.0. The van der Waals surface area contributed by atoms with Crippen molar-refractivity contribution in [1.82, 2.24) is 0 Å². The van der Waals surface area contributed by atoms with Crippen LogP contribution in [0.1, 0.15) is 179 Å². The van der Waals surface area contributed by atoms with Crippen LogP contribution in [0.5, 0.6) is 11.5 Å². The van der Waals surface area contributed by atoms with E-state index < -0.39 is 0 Å². The second-order valence-corrected chi connectivity index (χ2v) is 32.4. The molecule has 120 heavy (non-hydrogen) atoms. The van der Waals surface area contributed by atoms with Crippen LogP contribution in [0.2, 0.25) is 0 Å². The Hall–Kier alpha value is -10.2. The number of rotatable bonds is 9. The van der Waals surface area contributed by atoms with Gasteiger partial charge in [-0.3, -0.25) is 0 Å². The van der Waals surface area contributed by atoms with Crippen LogP contribution in [0.15, 0.2) is 362 Å². The number of fused-ring (bicyclic) bond motifs is 1. The molecule has 0 spiro atoms. The molecule has 0 aliphatic rings. The van der Waals surface area contributed by atoms with Gasteiger partial charge in [-0.2, -0.15) is 0 Å². The maximum Gasteiger partial charge on any atom is 0.127 e. The van der Waals surface area contributed by atoms with Crippen molar-refractivity contribution in [2.75, 3.05) is 0 Å². The number of benzene rings is 15. The first-order chi connectivity index (χ1) is 55.0. The Balaban J connectivity index is 0.000000675. The van der Waals surface area contributed by atoms with E-state index in [4.69, 9.17) is 4.74 Å². The summed E-state index contributed by atoms with van der Waals surface area (Å²) >= 11 is 1.80. The topological polar surface area (TPSA) is 9.23 Å². The zero-order chi connectivity index (χ0) is 83.7. The van der Waals surface area contributed by atoms with Gasteiger partial charge in [-0.05, 0) is 224 Å². The molecule has 0 unspecified atom stereocenters. The van der Waals surface area contributed by atoms with Gasteiger partial charge in [0.25, 0.3) is 0 Å². The van der Waals surface area contributed by atoms with Crippen molar-refractivity contribution in [3.8, 4) is 22.6 Å². The van der Waals surface area contributed by atoms with Crippen LogP contribution in [0.3, 0.4) is 0 Å². The maximum atomic E-state index is 5.69. The monoisotopic (exact) mass is 1680 g/mol. The molecule has 1 radical (unpaired) electrons. The van der Waals surface area contributed by atoms with Crippen LogP contribution >= 0.6 is 11.8 Å². The zero-order valence-electron chi connectivity index (χ0n) is 74.8. The first-order valence-electron chi connectivity index (χ1n) is 40.6. The molecule has 0 heterocycles. The first-order valence-corrected chi connectivity index (χ1v) is 41.4. The molecule has 1 nitrogen and oxygen atoms in total. The quantitative estimate of drug-likeness (QED) is 0.133. The second kappa shape index (κ2) is 57.9. The predicted octanol–water partition coefficient (Wildman–Crippen LogP) is 35.2. The Kier molecular flexibility index (Phi) is 52.0. The fraction of sp³-hybridized carbons (Fsp3) is 0.239. The summed E-state index contributed by atoms with van der Waals surface area (Å²) in [7, 11) is 0. The van der Waals surface area contributed by atoms with Gasteiger partial charge in [-0.25, -0.2) is 0 Å². The van der Waals surface area contributed by atoms with E-state index in [1.807, 2.05) is 48.5 Å². The summed E-state index contributed by atoms with van der Waals surface area (Å²) in [6.07, 6.45) is 2.28. The van der Waals surface area contributed by atoms with Crippen LogP contribution in [-0.2, 0) is 44.5 Å². The van der Waals surface area contributed by atoms with Gasteiger partial charge in [0.15, 0.2) is 0 Å². The van der Waals surface area contributed by atoms with Crippen molar-refractivity contribution in [3.05, 3.63) is 482 Å². The predicted molar refractivity (Wildman–Crippen MR) is 534 cm³/mol. The Bertz CT molecular complexity index is 4600. The van der Waals surface area contributed by atoms with Crippen molar-refractivity contribution in [2.45, 2.75) is 203 Å². The summed E-state index contributed by atoms with van der Waals surface area (Å²) < 4.78 is 5.69. The Labute approximate surface area is 760 Å². The van der Waals surface area contributed by atoms with Crippen LogP contribution in [0.25, 0.3) is 21.9 Å². The minimum atomic E-state index is 0. The zero-order valence-corrected chi connectivity index (χ0v) is 78.4. The molecule has 0 fully saturated rings. The SMILES string of the molecule is C.C.C.CCC.Cc1ccc(-c2ccc(C)cc2)cc1.Cc1ccc(C(C)(C)c2ccc(C)cc2)cc1.Cc1ccc(C)cc1.Cc1ccc(C)cc1.Cc1ccc(Cc2ccc(C)cc2)cc1.Cc1ccc(Oc2ccc(C)cc2)cc1.Cc1ccc(Sc2ccc(C)cc2)cc1.Cc1ccc2cc(C)ccc2c1.Cc1cccc(C)c1.[CH3-].[Y]. The molecule has 0 atom stereocenters. The molecule has 0 bridgehead atoms. The molecule has 627 valence electrons. The van der Waals surface area contributed by atoms with Crippen molar-refractivity contribution in [2.24, 2.45) is 0 Å². The number of hydrogen-bond acceptors (Lipinski definition) is 2. The molecule has 0 aliphatic heterocycles. The molecule has 15 rings (SSSR count). The molecular formula is C117H143OSY-. The van der Waals surface area contributed by atoms with Crippen LogP contribution < -0.4 is 4.74 Å². The molecule has 3 heteroatoms. The largest absolute Gasteiger partial charge is 0.457 e. The molecule has 0 aliphatic carbocycles. The number of ether oxygens (including phenoxy) is 1. The standard InChI is InChI=1S/C17H20.C15H16.C14H14O.C14H14S.C14H14.C12H12.3C8H10.C3H8.3CH4.CH3.Y/c1-13-5-9-15(10-6-13)17(3,4)16-11-7-14(2)8-12-16;1-12-3-7-14(8-4-12)11-15-9-5-13(2)6-10-15;2*1-11-3-7-13(8-4-11)15-14-9-5-12(2)6-10-14;1-11-3-7-13(8-4-11)14-9-5-12(2)6-10-14;1-9-3-5-12-8-10(2)4-6-11(12)7-9;2*1-7-3-5-8(2)6-4-7;1-7-4-3-5-8(2)6-7;1-3-2;;;;;/h5-12H,1-4H3;3-10H,11H2,1-2H3;2*3-10H,1-2H3;3-10H,1-2H3;3-8H,1-2H3;3*3-6H,1-2H3;3H2,1-2H3;3*1H4;1H3;/q;;;;;;;;;;;;;-1;. The van der Waals surface area contributed by atoms with Gasteiger partial charge in [0.2, 0.25) is 0 Å². The Morgan fingerprint density at radius 3 is 0.658 bits per heavy atom. The van der Waals surface area contributed by atoms with E-state index in [1.165, 1.54) is 161 Å². The Morgan fingerprint density at radius 1 is 0.233 bits per heavy atom. The first kappa shape index (κ1) is 108. The minimum absolute atomic E-state index is 0. The molecule has 0 saturated heterocycles. The van der Waals surface area contributed by atoms with Crippen molar-refractivity contribution >= 4 is 22.5 Å². The Morgan fingerprint density at radius 2 is 0.425 bits per heavy atom. The third kappa shape index (κ3) is 42.7. The van der Waals surface area contributed by atoms with Gasteiger partial charge in [-0.15, -0.1) is 0 Å². The summed E-state index contributed by atoms with van der Waals surface area (Å²) in [5.74, 6) is 1.76. The summed E-state index contributed by atoms with van der Waals surface area (Å²) in [5, 5.41) is 2.67. The van der Waals surface area contributed by atoms with E-state index in [1.54, 1.807) is 11.8 Å². The molecule has 0 amide bonds. The average molecular weight is 1690 g/mol. The van der Waals surface area contributed by atoms with Crippen LogP contribution in [0, 0.1) is 132 Å². The smallest absolute Gasteiger partial charge is 0.127 e. The number of aryl methyl sites for hydroxylation is 18.